The summed E-state index contributed by atoms with van der Waals surface area (Å²) >= 11 is 0. The van der Waals surface area contributed by atoms with E-state index in [1.54, 1.807) is 0 Å². The van der Waals surface area contributed by atoms with Gasteiger partial charge in [-0.05, 0) is 43.7 Å². The van der Waals surface area contributed by atoms with E-state index in [1.165, 1.54) is 0 Å². The van der Waals surface area contributed by atoms with E-state index in [4.69, 9.17) is 4.74 Å². The zero-order valence-electron chi connectivity index (χ0n) is 10.5. The molecule has 3 rings (SSSR count). The van der Waals surface area contributed by atoms with Gasteiger partial charge in [0.2, 0.25) is 0 Å². The highest BCUT2D eigenvalue weighted by Crippen LogP contribution is 2.38. The molecule has 98 valence electrons. The summed E-state index contributed by atoms with van der Waals surface area (Å²) in [6.07, 6.45) is 4.85. The second-order valence-electron chi connectivity index (χ2n) is 5.39. The van der Waals surface area contributed by atoms with Crippen LogP contribution in [0.5, 0.6) is 5.75 Å². The number of aliphatic hydroxyl groups is 2. The molecule has 0 aromatic heterocycles. The maximum Gasteiger partial charge on any atom is 0.124 e. The maximum atomic E-state index is 9.96. The van der Waals surface area contributed by atoms with Crippen LogP contribution in [0.1, 0.15) is 49.3 Å². The Balaban J connectivity index is 1.81. The van der Waals surface area contributed by atoms with E-state index < -0.39 is 0 Å². The van der Waals surface area contributed by atoms with Crippen LogP contribution in [0, 0.1) is 0 Å². The number of hydrogen-bond acceptors (Lipinski definition) is 3. The molecule has 2 aliphatic rings. The summed E-state index contributed by atoms with van der Waals surface area (Å²) in [7, 11) is 0. The first-order valence-corrected chi connectivity index (χ1v) is 6.90. The van der Waals surface area contributed by atoms with Crippen LogP contribution in [0.15, 0.2) is 18.2 Å². The minimum Gasteiger partial charge on any atom is -0.487 e. The zero-order chi connectivity index (χ0) is 12.5. The van der Waals surface area contributed by atoms with E-state index in [9.17, 15) is 10.2 Å². The third kappa shape index (κ3) is 2.13. The molecule has 2 N–H and O–H groups in total. The van der Waals surface area contributed by atoms with Gasteiger partial charge in [0.25, 0.3) is 0 Å². The molecule has 0 aliphatic heterocycles. The number of hydrogen-bond donors (Lipinski definition) is 2. The molecule has 0 spiro atoms. The van der Waals surface area contributed by atoms with Gasteiger partial charge in [-0.3, -0.25) is 0 Å². The highest BCUT2D eigenvalue weighted by molar-refractivity contribution is 5.44. The van der Waals surface area contributed by atoms with Crippen LogP contribution >= 0.6 is 0 Å². The maximum absolute atomic E-state index is 9.96. The van der Waals surface area contributed by atoms with Gasteiger partial charge in [-0.1, -0.05) is 18.6 Å². The summed E-state index contributed by atoms with van der Waals surface area (Å²) in [5, 5.41) is 19.8. The summed E-state index contributed by atoms with van der Waals surface area (Å²) in [6, 6.07) is 5.85. The summed E-state index contributed by atoms with van der Waals surface area (Å²) in [4.78, 5) is 0. The molecule has 0 radical (unpaired) electrons. The lowest BCUT2D eigenvalue weighted by molar-refractivity contribution is 0.00644. The van der Waals surface area contributed by atoms with Crippen molar-refractivity contribution in [1.82, 2.24) is 0 Å². The van der Waals surface area contributed by atoms with Gasteiger partial charge in [0.1, 0.15) is 11.9 Å². The normalized spacial score (nSPS) is 31.1. The van der Waals surface area contributed by atoms with Crippen molar-refractivity contribution in [2.75, 3.05) is 0 Å². The fourth-order valence-corrected chi connectivity index (χ4v) is 3.09. The standard InChI is InChI=1S/C15H20O3/c16-12-9-8-11-10(12)4-3-7-14(11)18-15-6-2-1-5-13(15)17/h3-4,7,12-13,15-17H,1-2,5-6,8-9H2. The monoisotopic (exact) mass is 248 g/mol. The highest BCUT2D eigenvalue weighted by Gasteiger charge is 2.28. The largest absolute Gasteiger partial charge is 0.487 e. The molecule has 0 amide bonds. The van der Waals surface area contributed by atoms with Gasteiger partial charge in [-0.15, -0.1) is 0 Å². The number of aliphatic hydroxyl groups excluding tert-OH is 2. The molecule has 3 unspecified atom stereocenters. The average molecular weight is 248 g/mol. The van der Waals surface area contributed by atoms with Crippen LogP contribution in [0.2, 0.25) is 0 Å². The topological polar surface area (TPSA) is 49.7 Å². The lowest BCUT2D eigenvalue weighted by atomic mass is 9.94. The Kier molecular flexibility index (Phi) is 3.27. The Hall–Kier alpha value is -1.06. The van der Waals surface area contributed by atoms with Gasteiger partial charge in [-0.25, -0.2) is 0 Å². The molecular formula is C15H20O3. The first-order valence-electron chi connectivity index (χ1n) is 6.90. The molecule has 2 aliphatic carbocycles. The second-order valence-corrected chi connectivity index (χ2v) is 5.39. The third-order valence-electron chi connectivity index (χ3n) is 4.14. The Labute approximate surface area is 107 Å². The number of ether oxygens (including phenoxy) is 1. The third-order valence-corrected chi connectivity index (χ3v) is 4.14. The number of benzene rings is 1. The lowest BCUT2D eigenvalue weighted by Gasteiger charge is -2.29. The first-order chi connectivity index (χ1) is 8.75. The SMILES string of the molecule is OC1CCc2c(OC3CCCCC3O)cccc21. The molecule has 18 heavy (non-hydrogen) atoms. The summed E-state index contributed by atoms with van der Waals surface area (Å²) in [5.74, 6) is 0.856. The van der Waals surface area contributed by atoms with Crippen molar-refractivity contribution in [2.24, 2.45) is 0 Å². The minimum absolute atomic E-state index is 0.0806. The zero-order valence-corrected chi connectivity index (χ0v) is 10.5. The van der Waals surface area contributed by atoms with E-state index in [0.717, 1.165) is 55.4 Å². The molecular weight excluding hydrogens is 228 g/mol. The van der Waals surface area contributed by atoms with Crippen LogP contribution in [-0.4, -0.2) is 22.4 Å². The molecule has 1 aromatic carbocycles. The molecule has 1 fully saturated rings. The van der Waals surface area contributed by atoms with Gasteiger partial charge in [0.05, 0.1) is 12.2 Å². The molecule has 3 atom stereocenters. The van der Waals surface area contributed by atoms with Crippen molar-refractivity contribution in [1.29, 1.82) is 0 Å². The second kappa shape index (κ2) is 4.90. The fraction of sp³-hybridized carbons (Fsp3) is 0.600. The van der Waals surface area contributed by atoms with E-state index in [0.29, 0.717) is 0 Å². The highest BCUT2D eigenvalue weighted by atomic mass is 16.5. The van der Waals surface area contributed by atoms with E-state index >= 15 is 0 Å². The summed E-state index contributed by atoms with van der Waals surface area (Å²) in [6.45, 7) is 0. The molecule has 1 aromatic rings. The van der Waals surface area contributed by atoms with Crippen LogP contribution in [0.3, 0.4) is 0 Å². The van der Waals surface area contributed by atoms with E-state index in [2.05, 4.69) is 0 Å². The Morgan fingerprint density at radius 2 is 1.89 bits per heavy atom. The molecule has 0 heterocycles. The summed E-state index contributed by atoms with van der Waals surface area (Å²) < 4.78 is 6.00. The molecule has 3 heteroatoms. The molecule has 0 bridgehead atoms. The number of fused-ring (bicyclic) bond motifs is 1. The minimum atomic E-state index is -0.347. The van der Waals surface area contributed by atoms with Crippen LogP contribution in [0.25, 0.3) is 0 Å². The van der Waals surface area contributed by atoms with Gasteiger partial charge < -0.3 is 14.9 Å². The van der Waals surface area contributed by atoms with Gasteiger partial charge in [0, 0.05) is 5.56 Å². The molecule has 3 nitrogen and oxygen atoms in total. The molecule has 0 saturated heterocycles. The smallest absolute Gasteiger partial charge is 0.124 e. The Bertz CT molecular complexity index is 430. The van der Waals surface area contributed by atoms with Crippen LogP contribution in [-0.2, 0) is 6.42 Å². The van der Waals surface area contributed by atoms with Crippen molar-refractivity contribution < 1.29 is 14.9 Å². The average Bonchev–Trinajstić information content (AvgIpc) is 2.76. The summed E-state index contributed by atoms with van der Waals surface area (Å²) in [5.41, 5.74) is 2.13. The van der Waals surface area contributed by atoms with Gasteiger partial charge in [0.15, 0.2) is 0 Å². The van der Waals surface area contributed by atoms with E-state index in [-0.39, 0.29) is 18.3 Å². The quantitative estimate of drug-likeness (QED) is 0.844. The first kappa shape index (κ1) is 12.0. The van der Waals surface area contributed by atoms with Crippen molar-refractivity contribution in [3.8, 4) is 5.75 Å². The van der Waals surface area contributed by atoms with Gasteiger partial charge in [-0.2, -0.15) is 0 Å². The predicted octanol–water partition coefficient (Wildman–Crippen LogP) is 2.35. The van der Waals surface area contributed by atoms with E-state index in [1.807, 2.05) is 18.2 Å². The van der Waals surface area contributed by atoms with Crippen LogP contribution < -0.4 is 4.74 Å². The molecule has 1 saturated carbocycles. The fourth-order valence-electron chi connectivity index (χ4n) is 3.09. The Morgan fingerprint density at radius 1 is 1.06 bits per heavy atom. The number of rotatable bonds is 2. The Morgan fingerprint density at radius 3 is 2.72 bits per heavy atom. The van der Waals surface area contributed by atoms with Crippen molar-refractivity contribution in [2.45, 2.75) is 56.8 Å². The van der Waals surface area contributed by atoms with Crippen LogP contribution in [0.4, 0.5) is 0 Å². The van der Waals surface area contributed by atoms with Gasteiger partial charge >= 0.3 is 0 Å². The predicted molar refractivity (Wildman–Crippen MR) is 68.6 cm³/mol. The van der Waals surface area contributed by atoms with Crippen molar-refractivity contribution in [3.63, 3.8) is 0 Å². The lowest BCUT2D eigenvalue weighted by Crippen LogP contribution is -2.34. The van der Waals surface area contributed by atoms with Crippen molar-refractivity contribution in [3.05, 3.63) is 29.3 Å². The van der Waals surface area contributed by atoms with Crippen molar-refractivity contribution >= 4 is 0 Å².